The summed E-state index contributed by atoms with van der Waals surface area (Å²) >= 11 is 0. The number of rotatable bonds is 19. The fourth-order valence-electron chi connectivity index (χ4n) is 6.68. The molecule has 0 aromatic rings. The first-order valence-corrected chi connectivity index (χ1v) is 19.8. The van der Waals surface area contributed by atoms with Crippen molar-refractivity contribution < 1.29 is 94.3 Å². The van der Waals surface area contributed by atoms with Gasteiger partial charge >= 0.3 is 41.8 Å². The van der Waals surface area contributed by atoms with Crippen molar-refractivity contribution >= 4 is 41.8 Å². The molecule has 1 heterocycles. The van der Waals surface area contributed by atoms with Crippen molar-refractivity contribution in [2.45, 2.75) is 130 Å². The molecule has 0 aromatic heterocycles. The molecule has 3 fully saturated rings. The highest BCUT2D eigenvalue weighted by Crippen LogP contribution is 2.36. The molecule has 0 bridgehead atoms. The molecule has 0 N–H and O–H groups in total. The van der Waals surface area contributed by atoms with Crippen molar-refractivity contribution in [2.24, 2.45) is 5.92 Å². The molecular weight excluding hydrogens is 787 g/mol. The Balaban J connectivity index is 0.000000419. The van der Waals surface area contributed by atoms with E-state index in [2.05, 4.69) is 21.0 Å². The van der Waals surface area contributed by atoms with E-state index in [0.717, 1.165) is 30.4 Å². The van der Waals surface area contributed by atoms with Gasteiger partial charge in [0.1, 0.15) is 19.2 Å². The summed E-state index contributed by atoms with van der Waals surface area (Å²) in [4.78, 5) is 81.2. The first-order valence-electron chi connectivity index (χ1n) is 19.8. The lowest BCUT2D eigenvalue weighted by Gasteiger charge is -2.44. The first kappa shape index (κ1) is 51.2. The Kier molecular flexibility index (Phi) is 20.6. The number of likely N-dealkylation sites (N-methyl/N-ethyl adjacent to an activating group) is 2. The Morgan fingerprint density at radius 3 is 1.54 bits per heavy atom. The van der Waals surface area contributed by atoms with E-state index in [9.17, 15) is 38.0 Å². The number of carbonyl (C=O) groups is 7. The van der Waals surface area contributed by atoms with Crippen molar-refractivity contribution in [3.63, 3.8) is 0 Å². The zero-order chi connectivity index (χ0) is 44.7. The van der Waals surface area contributed by atoms with Crippen LogP contribution < -0.4 is 0 Å². The SMILES string of the molecule is CC(=O)OC[C@H]1C[C@@H](OCC[N+](C)(CF)C2CC2)[C@H](OC(C)=O)[C@@H](OC(C)=O)[C@@H]1OC(C)=O.CC[N+](C)(C)CCO[C@H]1OC[C@@H](OC(C)=O)[C@H](OC(C)=O)[C@H]1OC(C)=O. The number of alkyl halides is 1. The average molecular weight is 853 g/mol. The van der Waals surface area contributed by atoms with E-state index >= 15 is 0 Å². The molecule has 0 spiro atoms. The summed E-state index contributed by atoms with van der Waals surface area (Å²) in [5, 5.41) is 0. The largest absolute Gasteiger partial charge is 0.465 e. The van der Waals surface area contributed by atoms with E-state index in [1.54, 1.807) is 0 Å². The molecule has 1 aliphatic heterocycles. The van der Waals surface area contributed by atoms with E-state index in [1.807, 2.05) is 7.05 Å². The lowest BCUT2D eigenvalue weighted by Crippen LogP contribution is -2.60. The maximum absolute atomic E-state index is 13.7. The van der Waals surface area contributed by atoms with Crippen LogP contribution in [0, 0.1) is 5.92 Å². The number of ether oxygens (including phenoxy) is 10. The van der Waals surface area contributed by atoms with Gasteiger partial charge in [-0.15, -0.1) is 0 Å². The van der Waals surface area contributed by atoms with Gasteiger partial charge in [0.05, 0.1) is 66.3 Å². The molecule has 2 saturated carbocycles. The minimum absolute atomic E-state index is 0.0357. The van der Waals surface area contributed by atoms with Crippen LogP contribution >= 0.6 is 0 Å². The minimum Gasteiger partial charge on any atom is -0.465 e. The number of halogens is 1. The summed E-state index contributed by atoms with van der Waals surface area (Å²) in [5.41, 5.74) is 0. The molecule has 59 heavy (non-hydrogen) atoms. The third-order valence-electron chi connectivity index (χ3n) is 10.2. The predicted octanol–water partition coefficient (Wildman–Crippen LogP) is 1.54. The number of quaternary nitrogens is 2. The molecule has 3 aliphatic rings. The number of carbonyl (C=O) groups excluding carboxylic acids is 7. The van der Waals surface area contributed by atoms with Gasteiger partial charge in [0.15, 0.2) is 36.8 Å². The molecule has 20 heteroatoms. The van der Waals surface area contributed by atoms with Crippen molar-refractivity contribution in [3.8, 4) is 0 Å². The van der Waals surface area contributed by atoms with Crippen LogP contribution in [0.5, 0.6) is 0 Å². The molecule has 1 saturated heterocycles. The molecule has 0 radical (unpaired) electrons. The van der Waals surface area contributed by atoms with Crippen LogP contribution in [-0.2, 0) is 80.9 Å². The summed E-state index contributed by atoms with van der Waals surface area (Å²) in [6.45, 7) is 12.5. The molecule has 1 unspecified atom stereocenters. The van der Waals surface area contributed by atoms with Crippen molar-refractivity contribution in [1.82, 2.24) is 0 Å². The third-order valence-corrected chi connectivity index (χ3v) is 10.2. The van der Waals surface area contributed by atoms with Gasteiger partial charge in [-0.3, -0.25) is 38.0 Å². The standard InChI is InChI=1S/C22H35FNO9.C17H30NO8/c1-13(25)30-11-17-10-19(29-9-8-24(5,12-23)18-6-7-18)21(32-15(3)27)22(33-16(4)28)20(17)31-14(2)26;1-7-18(5,6)8-9-22-17-16(26-13(4)21)15(25-12(3)20)14(10-23-17)24-11(2)19/h17-22H,6-12H2,1-5H3;14-17H,7-10H2,1-6H3/q2*+1/t17-,19-,20-,21+,22+,24?;14-,15+,16-,17+/m11/s1. The van der Waals surface area contributed by atoms with Crippen molar-refractivity contribution in [1.29, 1.82) is 0 Å². The summed E-state index contributed by atoms with van der Waals surface area (Å²) in [6.07, 6.45) is -5.73. The number of nitrogens with zero attached hydrogens (tertiary/aromatic N) is 2. The van der Waals surface area contributed by atoms with E-state index in [1.165, 1.54) is 48.5 Å². The fourth-order valence-corrected chi connectivity index (χ4v) is 6.68. The van der Waals surface area contributed by atoms with Crippen LogP contribution in [0.25, 0.3) is 0 Å². The summed E-state index contributed by atoms with van der Waals surface area (Å²) in [7, 11) is 5.95. The zero-order valence-corrected chi connectivity index (χ0v) is 36.3. The molecule has 19 nitrogen and oxygen atoms in total. The van der Waals surface area contributed by atoms with Crippen molar-refractivity contribution in [3.05, 3.63) is 0 Å². The van der Waals surface area contributed by atoms with Gasteiger partial charge < -0.3 is 51.9 Å². The van der Waals surface area contributed by atoms with Gasteiger partial charge in [-0.2, -0.15) is 4.39 Å². The summed E-state index contributed by atoms with van der Waals surface area (Å²) in [6, 6.07) is 0.257. The smallest absolute Gasteiger partial charge is 0.303 e. The zero-order valence-electron chi connectivity index (χ0n) is 36.3. The Labute approximate surface area is 345 Å². The number of hydrogen-bond acceptors (Lipinski definition) is 17. The monoisotopic (exact) mass is 852 g/mol. The van der Waals surface area contributed by atoms with Gasteiger partial charge in [-0.05, 0) is 13.3 Å². The lowest BCUT2D eigenvalue weighted by molar-refractivity contribution is -0.932. The number of hydrogen-bond donors (Lipinski definition) is 0. The second-order valence-electron chi connectivity index (χ2n) is 15.8. The number of esters is 7. The highest BCUT2D eigenvalue weighted by atomic mass is 19.1. The van der Waals surface area contributed by atoms with Gasteiger partial charge in [0, 0.05) is 67.2 Å². The van der Waals surface area contributed by atoms with E-state index in [4.69, 9.17) is 47.4 Å². The van der Waals surface area contributed by atoms with Crippen LogP contribution in [-0.4, -0.2) is 180 Å². The predicted molar refractivity (Wildman–Crippen MR) is 201 cm³/mol. The molecule has 10 atom stereocenters. The maximum Gasteiger partial charge on any atom is 0.303 e. The topological polar surface area (TPSA) is 212 Å². The van der Waals surface area contributed by atoms with Gasteiger partial charge in [-0.1, -0.05) is 0 Å². The normalized spacial score (nSPS) is 27.6. The molecule has 0 amide bonds. The van der Waals surface area contributed by atoms with Crippen LogP contribution in [0.15, 0.2) is 0 Å². The maximum atomic E-state index is 13.7. The second kappa shape index (κ2) is 23.7. The Bertz CT molecular complexity index is 1440. The van der Waals surface area contributed by atoms with E-state index in [-0.39, 0.29) is 36.8 Å². The molecule has 338 valence electrons. The minimum atomic E-state index is -1.17. The van der Waals surface area contributed by atoms with Gasteiger partial charge in [-0.25, -0.2) is 0 Å². The second-order valence-corrected chi connectivity index (χ2v) is 15.8. The van der Waals surface area contributed by atoms with Gasteiger partial charge in [0.2, 0.25) is 6.80 Å². The highest BCUT2D eigenvalue weighted by molar-refractivity contribution is 5.69. The molecular formula is C39H65FN2O17+2. The molecule has 3 rings (SSSR count). The first-order chi connectivity index (χ1) is 27.5. The lowest BCUT2D eigenvalue weighted by atomic mass is 9.80. The summed E-state index contributed by atoms with van der Waals surface area (Å²) in [5.74, 6) is -4.77. The van der Waals surface area contributed by atoms with Crippen LogP contribution in [0.4, 0.5) is 4.39 Å². The molecule has 2 aliphatic carbocycles. The average Bonchev–Trinajstić information content (AvgIpc) is 3.98. The highest BCUT2D eigenvalue weighted by Gasteiger charge is 2.52. The summed E-state index contributed by atoms with van der Waals surface area (Å²) < 4.78 is 69.1. The Morgan fingerprint density at radius 2 is 1.07 bits per heavy atom. The molecule has 0 aromatic carbocycles. The van der Waals surface area contributed by atoms with Crippen molar-refractivity contribution in [2.75, 3.05) is 74.0 Å². The van der Waals surface area contributed by atoms with E-state index in [0.29, 0.717) is 13.2 Å². The quantitative estimate of drug-likeness (QED) is 0.0781. The fraction of sp³-hybridized carbons (Fsp3) is 0.821. The van der Waals surface area contributed by atoms with E-state index < -0.39 is 104 Å². The Morgan fingerprint density at radius 1 is 0.593 bits per heavy atom. The third kappa shape index (κ3) is 17.6. The van der Waals surface area contributed by atoms with Crippen LogP contribution in [0.2, 0.25) is 0 Å². The van der Waals surface area contributed by atoms with Gasteiger partial charge in [0.25, 0.3) is 0 Å². The van der Waals surface area contributed by atoms with Crippen LogP contribution in [0.3, 0.4) is 0 Å². The Hall–Kier alpha value is -3.98. The van der Waals surface area contributed by atoms with Crippen LogP contribution in [0.1, 0.15) is 74.7 Å².